The van der Waals surface area contributed by atoms with Gasteiger partial charge in [-0.2, -0.15) is 5.57 Å². The first-order valence-electron chi connectivity index (χ1n) is 4.11. The Bertz CT molecular complexity index is 174. The van der Waals surface area contributed by atoms with Gasteiger partial charge < -0.3 is 24.8 Å². The van der Waals surface area contributed by atoms with Crippen molar-refractivity contribution in [2.24, 2.45) is 0 Å². The van der Waals surface area contributed by atoms with Crippen molar-refractivity contribution in [2.45, 2.75) is 39.5 Å². The van der Waals surface area contributed by atoms with Crippen molar-refractivity contribution >= 4 is 0 Å². The third kappa shape index (κ3) is 7.97. The van der Waals surface area contributed by atoms with Crippen LogP contribution >= 0.6 is 0 Å². The van der Waals surface area contributed by atoms with Crippen LogP contribution in [-0.2, 0) is 26.2 Å². The average molecular weight is 297 g/mol. The maximum Gasteiger partial charge on any atom is 3.00 e. The van der Waals surface area contributed by atoms with Gasteiger partial charge in [-0.1, -0.05) is 39.5 Å². The van der Waals surface area contributed by atoms with Crippen molar-refractivity contribution < 1.29 is 51.0 Å². The molecule has 0 aromatic carbocycles. The summed E-state index contributed by atoms with van der Waals surface area (Å²) in [6.07, 6.45) is 10.6. The van der Waals surface area contributed by atoms with Gasteiger partial charge in [-0.05, 0) is 0 Å². The Morgan fingerprint density at radius 1 is 1.38 bits per heavy atom. The third-order valence-corrected chi connectivity index (χ3v) is 1.83. The zero-order valence-electron chi connectivity index (χ0n) is 8.16. The van der Waals surface area contributed by atoms with Crippen LogP contribution in [0.5, 0.6) is 0 Å². The van der Waals surface area contributed by atoms with Gasteiger partial charge >= 0.3 is 26.2 Å². The number of rotatable bonds is 3. The fraction of sp³-hybridized carbons (Fsp3) is 0.600. The molecule has 0 atom stereocenters. The van der Waals surface area contributed by atoms with E-state index in [0.717, 1.165) is 6.42 Å². The molecule has 0 spiro atoms. The molecule has 1 aliphatic carbocycles. The van der Waals surface area contributed by atoms with E-state index >= 15 is 0 Å². The molecule has 0 unspecified atom stereocenters. The molecule has 0 aromatic heterocycles. The quantitative estimate of drug-likeness (QED) is 0.496. The van der Waals surface area contributed by atoms with Gasteiger partial charge in [0.1, 0.15) is 0 Å². The number of hydrogen-bond donors (Lipinski definition) is 0. The van der Waals surface area contributed by atoms with Crippen LogP contribution in [0.1, 0.15) is 39.5 Å². The summed E-state index contributed by atoms with van der Waals surface area (Å²) >= 11 is 0. The summed E-state index contributed by atoms with van der Waals surface area (Å²) in [5.41, 5.74) is 2.82. The summed E-state index contributed by atoms with van der Waals surface area (Å²) in [7, 11) is 0. The molecule has 0 heterocycles. The van der Waals surface area contributed by atoms with E-state index in [1.54, 1.807) is 0 Å². The Morgan fingerprint density at radius 2 is 2.00 bits per heavy atom. The molecule has 0 fully saturated rings. The van der Waals surface area contributed by atoms with Crippen LogP contribution in [0, 0.1) is 6.08 Å². The Morgan fingerprint density at radius 3 is 2.38 bits per heavy atom. The van der Waals surface area contributed by atoms with Crippen molar-refractivity contribution in [3.05, 3.63) is 23.3 Å². The molecule has 1 rings (SSSR count). The summed E-state index contributed by atoms with van der Waals surface area (Å²) < 4.78 is 0. The predicted molar refractivity (Wildman–Crippen MR) is 44.7 cm³/mol. The SMILES string of the molecule is CCCCC1=CCC(C)=[C-]1.[Cl-].[Cl-].[Zr+3]. The standard InChI is InChI=1S/C10H15.2ClH.Zr/c1-3-4-5-10-7-6-9(2)8-10;;;/h7H,3-6H2,1-2H3;2*1H;/q-1;;;+3/p-2. The second-order valence-corrected chi connectivity index (χ2v) is 2.94. The van der Waals surface area contributed by atoms with Crippen molar-refractivity contribution in [1.29, 1.82) is 0 Å². The first-order chi connectivity index (χ1) is 4.83. The second kappa shape index (κ2) is 11.0. The summed E-state index contributed by atoms with van der Waals surface area (Å²) in [6.45, 7) is 4.38. The molecular formula is C10H15Cl2Zr. The molecule has 0 saturated carbocycles. The zero-order chi connectivity index (χ0) is 7.40. The minimum Gasteiger partial charge on any atom is -1.00 e. The molecule has 1 radical (unpaired) electrons. The predicted octanol–water partition coefficient (Wildman–Crippen LogP) is -2.74. The van der Waals surface area contributed by atoms with Gasteiger partial charge in [0.15, 0.2) is 0 Å². The van der Waals surface area contributed by atoms with Gasteiger partial charge in [-0.3, -0.25) is 0 Å². The average Bonchev–Trinajstić information content (AvgIpc) is 2.31. The molecule has 0 nitrogen and oxygen atoms in total. The summed E-state index contributed by atoms with van der Waals surface area (Å²) in [6, 6.07) is 0. The number of hydrogen-bond acceptors (Lipinski definition) is 0. The maximum atomic E-state index is 3.37. The fourth-order valence-electron chi connectivity index (χ4n) is 1.18. The van der Waals surface area contributed by atoms with Gasteiger partial charge in [-0.25, -0.2) is 17.7 Å². The molecular weight excluding hydrogens is 282 g/mol. The maximum absolute atomic E-state index is 3.37. The Kier molecular flexibility index (Phi) is 16.5. The van der Waals surface area contributed by atoms with Gasteiger partial charge in [-0.15, -0.1) is 0 Å². The number of allylic oxidation sites excluding steroid dienone is 4. The first kappa shape index (κ1) is 19.5. The molecule has 0 bridgehead atoms. The second-order valence-electron chi connectivity index (χ2n) is 2.94. The molecule has 1 aliphatic rings. The van der Waals surface area contributed by atoms with Gasteiger partial charge in [0.25, 0.3) is 0 Å². The van der Waals surface area contributed by atoms with Crippen molar-refractivity contribution in [3.8, 4) is 0 Å². The fourth-order valence-corrected chi connectivity index (χ4v) is 1.18. The summed E-state index contributed by atoms with van der Waals surface area (Å²) in [5, 5.41) is 0. The summed E-state index contributed by atoms with van der Waals surface area (Å²) in [4.78, 5) is 0. The molecule has 0 N–H and O–H groups in total. The molecule has 73 valence electrons. The number of unbranched alkanes of at least 4 members (excludes halogenated alkanes) is 1. The largest absolute Gasteiger partial charge is 3.00 e. The van der Waals surface area contributed by atoms with Crippen LogP contribution in [-0.4, -0.2) is 0 Å². The van der Waals surface area contributed by atoms with E-state index in [1.165, 1.54) is 30.4 Å². The minimum absolute atomic E-state index is 0. The molecule has 0 amide bonds. The van der Waals surface area contributed by atoms with Crippen LogP contribution < -0.4 is 24.8 Å². The normalized spacial score (nSPS) is 13.1. The molecule has 3 heteroatoms. The van der Waals surface area contributed by atoms with Crippen molar-refractivity contribution in [1.82, 2.24) is 0 Å². The van der Waals surface area contributed by atoms with Crippen molar-refractivity contribution in [2.75, 3.05) is 0 Å². The molecule has 0 aliphatic heterocycles. The van der Waals surface area contributed by atoms with E-state index in [4.69, 9.17) is 0 Å². The topological polar surface area (TPSA) is 0 Å². The minimum atomic E-state index is 0. The Hall–Kier alpha value is 0.943. The Balaban J connectivity index is -0.000000333. The molecule has 13 heavy (non-hydrogen) atoms. The smallest absolute Gasteiger partial charge is 1.00 e. The van der Waals surface area contributed by atoms with E-state index < -0.39 is 0 Å². The first-order valence-corrected chi connectivity index (χ1v) is 4.11. The van der Waals surface area contributed by atoms with E-state index in [9.17, 15) is 0 Å². The zero-order valence-corrected chi connectivity index (χ0v) is 12.1. The van der Waals surface area contributed by atoms with Crippen LogP contribution in [0.2, 0.25) is 0 Å². The van der Waals surface area contributed by atoms with E-state index in [1.807, 2.05) is 0 Å². The third-order valence-electron chi connectivity index (χ3n) is 1.83. The van der Waals surface area contributed by atoms with E-state index in [-0.39, 0.29) is 51.0 Å². The van der Waals surface area contributed by atoms with Crippen LogP contribution in [0.3, 0.4) is 0 Å². The van der Waals surface area contributed by atoms with Crippen molar-refractivity contribution in [3.63, 3.8) is 0 Å². The van der Waals surface area contributed by atoms with Gasteiger partial charge in [0.05, 0.1) is 0 Å². The van der Waals surface area contributed by atoms with E-state index in [2.05, 4.69) is 26.0 Å². The van der Waals surface area contributed by atoms with Crippen LogP contribution in [0.15, 0.2) is 17.2 Å². The van der Waals surface area contributed by atoms with Crippen LogP contribution in [0.25, 0.3) is 0 Å². The Labute approximate surface area is 113 Å². The number of halogens is 2. The van der Waals surface area contributed by atoms with E-state index in [0.29, 0.717) is 0 Å². The molecule has 0 aromatic rings. The summed E-state index contributed by atoms with van der Waals surface area (Å²) in [5.74, 6) is 0. The van der Waals surface area contributed by atoms with Gasteiger partial charge in [0, 0.05) is 0 Å². The van der Waals surface area contributed by atoms with Crippen LogP contribution in [0.4, 0.5) is 0 Å². The van der Waals surface area contributed by atoms with Gasteiger partial charge in [0.2, 0.25) is 0 Å². The monoisotopic (exact) mass is 295 g/mol. The molecule has 0 saturated heterocycles.